The van der Waals surface area contributed by atoms with Crippen molar-refractivity contribution >= 4 is 41.5 Å². The predicted molar refractivity (Wildman–Crippen MR) is 123 cm³/mol. The molecule has 2 heterocycles. The highest BCUT2D eigenvalue weighted by molar-refractivity contribution is 14.0. The first-order valence-corrected chi connectivity index (χ1v) is 10.1. The van der Waals surface area contributed by atoms with Gasteiger partial charge in [0.2, 0.25) is 0 Å². The van der Waals surface area contributed by atoms with E-state index in [1.54, 1.807) is 0 Å². The van der Waals surface area contributed by atoms with Crippen LogP contribution in [0, 0.1) is 5.92 Å². The second kappa shape index (κ2) is 11.4. The Kier molecular flexibility index (Phi) is 9.62. The summed E-state index contributed by atoms with van der Waals surface area (Å²) in [5, 5.41) is 4.41. The Labute approximate surface area is 185 Å². The monoisotopic (exact) mass is 506 g/mol. The Balaban J connectivity index is 0.00000261. The fraction of sp³-hybridized carbons (Fsp3) is 0.650. The molecule has 2 saturated heterocycles. The van der Waals surface area contributed by atoms with Crippen LogP contribution in [0.5, 0.6) is 0 Å². The Morgan fingerprint density at radius 2 is 1.96 bits per heavy atom. The summed E-state index contributed by atoms with van der Waals surface area (Å²) in [5.74, 6) is 1.83. The van der Waals surface area contributed by atoms with Crippen molar-refractivity contribution in [2.24, 2.45) is 10.9 Å². The molecule has 1 N–H and O–H groups in total. The predicted octanol–water partition coefficient (Wildman–Crippen LogP) is 3.64. The summed E-state index contributed by atoms with van der Waals surface area (Å²) in [4.78, 5) is 9.39. The van der Waals surface area contributed by atoms with E-state index in [0.717, 1.165) is 62.8 Å². The van der Waals surface area contributed by atoms with E-state index in [0.29, 0.717) is 0 Å². The van der Waals surface area contributed by atoms with E-state index < -0.39 is 0 Å². The molecule has 2 aliphatic rings. The van der Waals surface area contributed by atoms with Gasteiger partial charge in [0.15, 0.2) is 5.96 Å². The fourth-order valence-electron chi connectivity index (χ4n) is 3.80. The Hall–Kier alpha value is -0.570. The molecule has 0 aromatic heterocycles. The molecule has 2 fully saturated rings. The molecular weight excluding hydrogens is 475 g/mol. The lowest BCUT2D eigenvalue weighted by atomic mass is 9.99. The average Bonchev–Trinajstić information content (AvgIpc) is 2.67. The van der Waals surface area contributed by atoms with Gasteiger partial charge in [-0.05, 0) is 36.5 Å². The zero-order valence-corrected chi connectivity index (χ0v) is 19.5. The highest BCUT2D eigenvalue weighted by Gasteiger charge is 2.25. The van der Waals surface area contributed by atoms with Gasteiger partial charge in [-0.1, -0.05) is 30.7 Å². The highest BCUT2D eigenvalue weighted by Crippen LogP contribution is 2.24. The third-order valence-electron chi connectivity index (χ3n) is 5.47. The molecule has 1 aromatic carbocycles. The Morgan fingerprint density at radius 1 is 1.26 bits per heavy atom. The van der Waals surface area contributed by atoms with Crippen LogP contribution in [0.4, 0.5) is 0 Å². The number of halogens is 2. The smallest absolute Gasteiger partial charge is 0.193 e. The zero-order chi connectivity index (χ0) is 18.4. The molecule has 2 aliphatic heterocycles. The maximum Gasteiger partial charge on any atom is 0.193 e. The molecule has 0 spiro atoms. The molecule has 0 saturated carbocycles. The number of aliphatic imine (C=N–C) groups is 1. The van der Waals surface area contributed by atoms with Gasteiger partial charge in [0, 0.05) is 44.8 Å². The van der Waals surface area contributed by atoms with Crippen LogP contribution in [0.25, 0.3) is 0 Å². The van der Waals surface area contributed by atoms with Crippen LogP contribution in [-0.2, 0) is 4.74 Å². The van der Waals surface area contributed by atoms with Gasteiger partial charge < -0.3 is 15.0 Å². The van der Waals surface area contributed by atoms with E-state index in [1.165, 1.54) is 18.4 Å². The third-order valence-corrected chi connectivity index (χ3v) is 5.70. The molecule has 1 atom stereocenters. The molecule has 3 rings (SSSR count). The number of likely N-dealkylation sites (tertiary alicyclic amines) is 1. The normalized spacial score (nSPS) is 20.9. The first-order valence-electron chi connectivity index (χ1n) is 9.70. The molecule has 0 amide bonds. The van der Waals surface area contributed by atoms with E-state index in [9.17, 15) is 0 Å². The van der Waals surface area contributed by atoms with Crippen molar-refractivity contribution in [3.8, 4) is 0 Å². The second-order valence-electron chi connectivity index (χ2n) is 7.32. The molecule has 0 radical (unpaired) electrons. The molecular formula is C20H32ClIN4O. The van der Waals surface area contributed by atoms with Crippen molar-refractivity contribution in [1.82, 2.24) is 15.1 Å². The highest BCUT2D eigenvalue weighted by atomic mass is 127. The van der Waals surface area contributed by atoms with Crippen LogP contribution in [0.15, 0.2) is 29.3 Å². The van der Waals surface area contributed by atoms with Gasteiger partial charge in [-0.25, -0.2) is 0 Å². The van der Waals surface area contributed by atoms with Crippen molar-refractivity contribution in [2.45, 2.75) is 25.8 Å². The molecule has 7 heteroatoms. The van der Waals surface area contributed by atoms with E-state index in [2.05, 4.69) is 39.2 Å². The van der Waals surface area contributed by atoms with Gasteiger partial charge in [-0.15, -0.1) is 24.0 Å². The van der Waals surface area contributed by atoms with Crippen LogP contribution < -0.4 is 5.32 Å². The number of nitrogens with one attached hydrogen (secondary N) is 1. The van der Waals surface area contributed by atoms with Crippen LogP contribution in [0.3, 0.4) is 0 Å². The summed E-state index contributed by atoms with van der Waals surface area (Å²) in [6, 6.07) is 8.47. The number of hydrogen-bond acceptors (Lipinski definition) is 3. The first kappa shape index (κ1) is 22.7. The van der Waals surface area contributed by atoms with Gasteiger partial charge >= 0.3 is 0 Å². The summed E-state index contributed by atoms with van der Waals surface area (Å²) < 4.78 is 5.54. The van der Waals surface area contributed by atoms with Crippen molar-refractivity contribution in [3.63, 3.8) is 0 Å². The number of hydrogen-bond donors (Lipinski definition) is 1. The Morgan fingerprint density at radius 3 is 2.59 bits per heavy atom. The van der Waals surface area contributed by atoms with Gasteiger partial charge in [0.25, 0.3) is 0 Å². The Bertz CT molecular complexity index is 601. The van der Waals surface area contributed by atoms with E-state index in [1.807, 2.05) is 19.2 Å². The number of nitrogens with zero attached hydrogens (tertiary/aromatic N) is 3. The molecule has 152 valence electrons. The lowest BCUT2D eigenvalue weighted by molar-refractivity contribution is 0.0168. The number of benzene rings is 1. The minimum absolute atomic E-state index is 0. The number of morpholine rings is 1. The van der Waals surface area contributed by atoms with Gasteiger partial charge in [0.1, 0.15) is 0 Å². The second-order valence-corrected chi connectivity index (χ2v) is 7.75. The zero-order valence-electron chi connectivity index (χ0n) is 16.4. The minimum Gasteiger partial charge on any atom is -0.379 e. The van der Waals surface area contributed by atoms with Gasteiger partial charge in [-0.3, -0.25) is 9.89 Å². The number of rotatable bonds is 4. The molecule has 5 nitrogen and oxygen atoms in total. The van der Waals surface area contributed by atoms with Crippen LogP contribution in [-0.4, -0.2) is 68.7 Å². The van der Waals surface area contributed by atoms with Crippen LogP contribution in [0.1, 0.15) is 31.4 Å². The fourth-order valence-corrected chi connectivity index (χ4v) is 4.00. The van der Waals surface area contributed by atoms with Crippen molar-refractivity contribution in [2.75, 3.05) is 53.0 Å². The molecule has 1 unspecified atom stereocenters. The van der Waals surface area contributed by atoms with E-state index in [4.69, 9.17) is 16.3 Å². The quantitative estimate of drug-likeness (QED) is 0.385. The van der Waals surface area contributed by atoms with Gasteiger partial charge in [0.05, 0.1) is 19.3 Å². The molecule has 1 aromatic rings. The van der Waals surface area contributed by atoms with E-state index in [-0.39, 0.29) is 30.0 Å². The maximum absolute atomic E-state index is 6.26. The van der Waals surface area contributed by atoms with Gasteiger partial charge in [-0.2, -0.15) is 0 Å². The third kappa shape index (κ3) is 6.48. The van der Waals surface area contributed by atoms with Crippen molar-refractivity contribution < 1.29 is 4.74 Å². The standard InChI is InChI=1S/C20H31ClN4O.HI/c1-16-6-8-25(9-7-16)20(22-2)23-15-19(24-10-12-26-13-11-24)17-4-3-5-18(21)14-17;/h3-5,14,16,19H,6-13,15H2,1-2H3,(H,22,23);1H. The lowest BCUT2D eigenvalue weighted by Gasteiger charge is -2.37. The number of ether oxygens (including phenoxy) is 1. The number of guanidine groups is 1. The van der Waals surface area contributed by atoms with E-state index >= 15 is 0 Å². The lowest BCUT2D eigenvalue weighted by Crippen LogP contribution is -2.49. The SMILES string of the molecule is CN=C(NCC(c1cccc(Cl)c1)N1CCOCC1)N1CCC(C)CC1.I. The van der Waals surface area contributed by atoms with Crippen molar-refractivity contribution in [3.05, 3.63) is 34.9 Å². The summed E-state index contributed by atoms with van der Waals surface area (Å²) in [5.41, 5.74) is 1.25. The molecule has 27 heavy (non-hydrogen) atoms. The molecule has 0 aliphatic carbocycles. The maximum atomic E-state index is 6.26. The summed E-state index contributed by atoms with van der Waals surface area (Å²) in [6.07, 6.45) is 2.48. The van der Waals surface area contributed by atoms with Crippen molar-refractivity contribution in [1.29, 1.82) is 0 Å². The average molecular weight is 507 g/mol. The first-order chi connectivity index (χ1) is 12.7. The summed E-state index contributed by atoms with van der Waals surface area (Å²) in [7, 11) is 1.88. The minimum atomic E-state index is 0. The van der Waals surface area contributed by atoms with Crippen LogP contribution >= 0.6 is 35.6 Å². The topological polar surface area (TPSA) is 40.1 Å². The van der Waals surface area contributed by atoms with Crippen LogP contribution in [0.2, 0.25) is 5.02 Å². The summed E-state index contributed by atoms with van der Waals surface area (Å²) >= 11 is 6.26. The number of piperidine rings is 1. The largest absolute Gasteiger partial charge is 0.379 e. The molecule has 0 bridgehead atoms. The summed E-state index contributed by atoms with van der Waals surface area (Å²) in [6.45, 7) is 8.78.